The summed E-state index contributed by atoms with van der Waals surface area (Å²) >= 11 is 0. The minimum atomic E-state index is 0.926. The van der Waals surface area contributed by atoms with Crippen molar-refractivity contribution >= 4 is 11.8 Å². The van der Waals surface area contributed by atoms with E-state index in [9.17, 15) is 0 Å². The second-order valence-corrected chi connectivity index (χ2v) is 11.4. The second kappa shape index (κ2) is 17.6. The number of benzene rings is 3. The van der Waals surface area contributed by atoms with Gasteiger partial charge >= 0.3 is 0 Å². The standard InChI is InChI=1S/C38H52N2/c1-6-9-12-15-22-35-27-33(24-30(4)38(35)23-18-13-10-7-2)25-31(5)39-40-37-28-32(19-11-8-3)26-36(29-37)34-20-16-14-17-21-34/h14,16-17,20-21,24-29H,6-13,15,18-19,22-23H2,1-5H3. The number of aryl methyl sites for hydroxylation is 3. The van der Waals surface area contributed by atoms with Gasteiger partial charge in [-0.25, -0.2) is 0 Å². The van der Waals surface area contributed by atoms with Crippen LogP contribution in [-0.4, -0.2) is 0 Å². The number of nitrogens with zero attached hydrogens (tertiary/aromatic N) is 2. The van der Waals surface area contributed by atoms with E-state index in [0.717, 1.165) is 17.8 Å². The van der Waals surface area contributed by atoms with Gasteiger partial charge in [-0.05, 0) is 110 Å². The topological polar surface area (TPSA) is 24.7 Å². The van der Waals surface area contributed by atoms with E-state index in [2.05, 4.69) is 106 Å². The molecular weight excluding hydrogens is 484 g/mol. The summed E-state index contributed by atoms with van der Waals surface area (Å²) in [5, 5.41) is 9.37. The molecule has 0 unspecified atom stereocenters. The van der Waals surface area contributed by atoms with Crippen molar-refractivity contribution in [2.24, 2.45) is 10.2 Å². The lowest BCUT2D eigenvalue weighted by molar-refractivity contribution is 0.649. The summed E-state index contributed by atoms with van der Waals surface area (Å²) in [5.41, 5.74) is 11.4. The van der Waals surface area contributed by atoms with Crippen molar-refractivity contribution in [2.75, 3.05) is 0 Å². The highest BCUT2D eigenvalue weighted by molar-refractivity contribution is 5.68. The average Bonchev–Trinajstić information content (AvgIpc) is 2.96. The molecule has 0 radical (unpaired) electrons. The van der Waals surface area contributed by atoms with Gasteiger partial charge in [-0.15, -0.1) is 0 Å². The van der Waals surface area contributed by atoms with E-state index in [1.807, 2.05) is 0 Å². The highest BCUT2D eigenvalue weighted by Gasteiger charge is 2.09. The van der Waals surface area contributed by atoms with E-state index < -0.39 is 0 Å². The molecule has 0 aliphatic rings. The molecule has 0 fully saturated rings. The van der Waals surface area contributed by atoms with E-state index in [1.165, 1.54) is 105 Å². The molecule has 0 saturated heterocycles. The molecule has 0 N–H and O–H groups in total. The molecule has 0 aliphatic carbocycles. The van der Waals surface area contributed by atoms with Crippen molar-refractivity contribution in [1.82, 2.24) is 0 Å². The van der Waals surface area contributed by atoms with Gasteiger partial charge in [-0.1, -0.05) is 114 Å². The lowest BCUT2D eigenvalue weighted by Crippen LogP contribution is -2.00. The number of hydrogen-bond acceptors (Lipinski definition) is 2. The first kappa shape index (κ1) is 31.5. The molecular formula is C38H52N2. The Hall–Kier alpha value is -3.00. The highest BCUT2D eigenvalue weighted by atomic mass is 15.1. The van der Waals surface area contributed by atoms with Crippen molar-refractivity contribution in [2.45, 2.75) is 118 Å². The van der Waals surface area contributed by atoms with Crippen LogP contribution in [0, 0.1) is 6.92 Å². The quantitative estimate of drug-likeness (QED) is 0.121. The van der Waals surface area contributed by atoms with Gasteiger partial charge in [0.05, 0.1) is 11.4 Å². The second-order valence-electron chi connectivity index (χ2n) is 11.4. The lowest BCUT2D eigenvalue weighted by atomic mass is 9.91. The van der Waals surface area contributed by atoms with E-state index in [-0.39, 0.29) is 0 Å². The van der Waals surface area contributed by atoms with Crippen molar-refractivity contribution in [3.63, 3.8) is 0 Å². The average molecular weight is 537 g/mol. The molecule has 2 heteroatoms. The summed E-state index contributed by atoms with van der Waals surface area (Å²) in [7, 11) is 0. The van der Waals surface area contributed by atoms with Gasteiger partial charge in [-0.2, -0.15) is 10.2 Å². The van der Waals surface area contributed by atoms with Gasteiger partial charge in [0.2, 0.25) is 0 Å². The van der Waals surface area contributed by atoms with Crippen molar-refractivity contribution in [3.05, 3.63) is 94.2 Å². The highest BCUT2D eigenvalue weighted by Crippen LogP contribution is 2.29. The predicted molar refractivity (Wildman–Crippen MR) is 176 cm³/mol. The van der Waals surface area contributed by atoms with Crippen LogP contribution in [0.2, 0.25) is 0 Å². The summed E-state index contributed by atoms with van der Waals surface area (Å²) in [6, 6.07) is 22.0. The van der Waals surface area contributed by atoms with Crippen LogP contribution in [0.25, 0.3) is 17.2 Å². The molecule has 0 saturated carbocycles. The predicted octanol–water partition coefficient (Wildman–Crippen LogP) is 12.4. The van der Waals surface area contributed by atoms with Gasteiger partial charge < -0.3 is 0 Å². The van der Waals surface area contributed by atoms with Gasteiger partial charge in [0, 0.05) is 0 Å². The summed E-state index contributed by atoms with van der Waals surface area (Å²) in [6.45, 7) is 11.2. The van der Waals surface area contributed by atoms with Crippen molar-refractivity contribution < 1.29 is 0 Å². The minimum absolute atomic E-state index is 0.926. The van der Waals surface area contributed by atoms with Crippen LogP contribution in [0.1, 0.15) is 120 Å². The molecule has 0 aliphatic heterocycles. The fourth-order valence-corrected chi connectivity index (χ4v) is 5.52. The zero-order valence-electron chi connectivity index (χ0n) is 25.9. The summed E-state index contributed by atoms with van der Waals surface area (Å²) in [4.78, 5) is 0. The molecule has 0 amide bonds. The van der Waals surface area contributed by atoms with Crippen LogP contribution < -0.4 is 0 Å². The molecule has 214 valence electrons. The summed E-state index contributed by atoms with van der Waals surface area (Å²) < 4.78 is 0. The Morgan fingerprint density at radius 3 is 2.08 bits per heavy atom. The van der Waals surface area contributed by atoms with Crippen LogP contribution in [0.4, 0.5) is 5.69 Å². The van der Waals surface area contributed by atoms with Crippen LogP contribution in [0.15, 0.2) is 76.6 Å². The first-order valence-corrected chi connectivity index (χ1v) is 16.0. The first-order chi connectivity index (χ1) is 19.5. The number of unbranched alkanes of at least 4 members (excludes halogenated alkanes) is 7. The summed E-state index contributed by atoms with van der Waals surface area (Å²) in [6.07, 6.45) is 18.5. The third-order valence-electron chi connectivity index (χ3n) is 7.77. The normalized spacial score (nSPS) is 12.0. The third kappa shape index (κ3) is 10.5. The number of allylic oxidation sites excluding steroid dienone is 1. The van der Waals surface area contributed by atoms with Gasteiger partial charge in [-0.3, -0.25) is 0 Å². The Morgan fingerprint density at radius 2 is 1.38 bits per heavy atom. The zero-order chi connectivity index (χ0) is 28.6. The van der Waals surface area contributed by atoms with E-state index in [0.29, 0.717) is 0 Å². The fraction of sp³-hybridized carbons (Fsp3) is 0.474. The minimum Gasteiger partial charge on any atom is -0.155 e. The van der Waals surface area contributed by atoms with Gasteiger partial charge in [0.25, 0.3) is 0 Å². The molecule has 0 atom stereocenters. The Labute approximate surface area is 245 Å². The van der Waals surface area contributed by atoms with Crippen LogP contribution in [0.5, 0.6) is 0 Å². The third-order valence-corrected chi connectivity index (χ3v) is 7.77. The molecule has 0 heterocycles. The lowest BCUT2D eigenvalue weighted by Gasteiger charge is -2.15. The van der Waals surface area contributed by atoms with Crippen LogP contribution in [-0.2, 0) is 19.3 Å². The maximum atomic E-state index is 4.70. The van der Waals surface area contributed by atoms with Crippen LogP contribution in [0.3, 0.4) is 0 Å². The first-order valence-electron chi connectivity index (χ1n) is 16.0. The Morgan fingerprint density at radius 1 is 0.675 bits per heavy atom. The zero-order valence-corrected chi connectivity index (χ0v) is 25.9. The monoisotopic (exact) mass is 536 g/mol. The molecule has 0 bridgehead atoms. The molecule has 3 aromatic carbocycles. The molecule has 0 aromatic heterocycles. The van der Waals surface area contributed by atoms with E-state index in [1.54, 1.807) is 11.1 Å². The summed E-state index contributed by atoms with van der Waals surface area (Å²) in [5.74, 6) is 0. The van der Waals surface area contributed by atoms with E-state index >= 15 is 0 Å². The van der Waals surface area contributed by atoms with Crippen molar-refractivity contribution in [3.8, 4) is 11.1 Å². The van der Waals surface area contributed by atoms with Crippen LogP contribution >= 0.6 is 0 Å². The fourth-order valence-electron chi connectivity index (χ4n) is 5.52. The Balaban J connectivity index is 1.84. The Bertz CT molecular complexity index is 1220. The maximum Gasteiger partial charge on any atom is 0.0865 e. The van der Waals surface area contributed by atoms with Gasteiger partial charge in [0.15, 0.2) is 0 Å². The molecule has 3 rings (SSSR count). The largest absolute Gasteiger partial charge is 0.155 e. The maximum absolute atomic E-state index is 4.70. The van der Waals surface area contributed by atoms with Crippen molar-refractivity contribution in [1.29, 1.82) is 0 Å². The molecule has 0 spiro atoms. The smallest absolute Gasteiger partial charge is 0.0865 e. The number of azo groups is 1. The molecule has 2 nitrogen and oxygen atoms in total. The number of rotatable bonds is 17. The Kier molecular flexibility index (Phi) is 13.9. The number of hydrogen-bond donors (Lipinski definition) is 0. The molecule has 40 heavy (non-hydrogen) atoms. The van der Waals surface area contributed by atoms with E-state index in [4.69, 9.17) is 5.11 Å². The van der Waals surface area contributed by atoms with Gasteiger partial charge in [0.1, 0.15) is 0 Å². The SMILES string of the molecule is CCCCCCc1cc(C=C(C)N=Nc2cc(CCCC)cc(-c3ccccc3)c2)cc(C)c1CCCCCC. The molecule has 3 aromatic rings.